The SMILES string of the molecule is CC(C[CH]C(=O)NC(Cc1ccc(C=Cc2ccccc2)cc1)C(=O)NC(C)(C)C)C(N)=O. The third kappa shape index (κ3) is 9.73. The highest BCUT2D eigenvalue weighted by molar-refractivity contribution is 5.92. The molecule has 2 rings (SSSR count). The smallest absolute Gasteiger partial charge is 0.243 e. The molecule has 0 bridgehead atoms. The molecule has 1 radical (unpaired) electrons. The number of rotatable bonds is 10. The zero-order valence-corrected chi connectivity index (χ0v) is 19.8. The Morgan fingerprint density at radius 1 is 0.939 bits per heavy atom. The van der Waals surface area contributed by atoms with E-state index in [2.05, 4.69) is 10.6 Å². The van der Waals surface area contributed by atoms with Gasteiger partial charge in [0.05, 0.1) is 6.42 Å². The van der Waals surface area contributed by atoms with Crippen LogP contribution in [0.1, 0.15) is 50.8 Å². The molecule has 0 saturated carbocycles. The predicted molar refractivity (Wildman–Crippen MR) is 133 cm³/mol. The average Bonchev–Trinajstić information content (AvgIpc) is 2.76. The third-order valence-corrected chi connectivity index (χ3v) is 4.96. The molecule has 2 aromatic rings. The molecule has 33 heavy (non-hydrogen) atoms. The fourth-order valence-electron chi connectivity index (χ4n) is 3.05. The van der Waals surface area contributed by atoms with Gasteiger partial charge in [-0.3, -0.25) is 14.4 Å². The minimum atomic E-state index is -0.748. The minimum Gasteiger partial charge on any atom is -0.369 e. The van der Waals surface area contributed by atoms with Crippen LogP contribution in [-0.2, 0) is 20.8 Å². The Labute approximate surface area is 196 Å². The van der Waals surface area contributed by atoms with Crippen molar-refractivity contribution in [2.45, 2.75) is 52.1 Å². The van der Waals surface area contributed by atoms with Gasteiger partial charge < -0.3 is 16.4 Å². The summed E-state index contributed by atoms with van der Waals surface area (Å²) in [5.41, 5.74) is 7.89. The van der Waals surface area contributed by atoms with E-state index in [1.165, 1.54) is 6.42 Å². The van der Waals surface area contributed by atoms with Crippen molar-refractivity contribution in [2.75, 3.05) is 0 Å². The summed E-state index contributed by atoms with van der Waals surface area (Å²) in [6.45, 7) is 7.32. The molecule has 3 amide bonds. The van der Waals surface area contributed by atoms with Crippen LogP contribution in [0.3, 0.4) is 0 Å². The molecule has 175 valence electrons. The van der Waals surface area contributed by atoms with E-state index in [4.69, 9.17) is 5.73 Å². The number of primary amides is 1. The van der Waals surface area contributed by atoms with E-state index < -0.39 is 29.3 Å². The number of amides is 3. The van der Waals surface area contributed by atoms with Crippen LogP contribution in [0.2, 0.25) is 0 Å². The Morgan fingerprint density at radius 3 is 2.06 bits per heavy atom. The van der Waals surface area contributed by atoms with Gasteiger partial charge in [-0.05, 0) is 43.9 Å². The molecule has 2 unspecified atom stereocenters. The number of carbonyl (C=O) groups excluding carboxylic acids is 3. The van der Waals surface area contributed by atoms with Crippen molar-refractivity contribution >= 4 is 29.9 Å². The predicted octanol–water partition coefficient (Wildman–Crippen LogP) is 3.51. The zero-order chi connectivity index (χ0) is 24.4. The van der Waals surface area contributed by atoms with Crippen molar-refractivity contribution in [1.29, 1.82) is 0 Å². The van der Waals surface area contributed by atoms with E-state index in [0.29, 0.717) is 6.42 Å². The summed E-state index contributed by atoms with van der Waals surface area (Å²) in [5, 5.41) is 5.70. The average molecular weight is 449 g/mol. The molecule has 0 spiro atoms. The summed E-state index contributed by atoms with van der Waals surface area (Å²) in [5.74, 6) is -1.59. The van der Waals surface area contributed by atoms with E-state index >= 15 is 0 Å². The van der Waals surface area contributed by atoms with Crippen LogP contribution in [0.4, 0.5) is 0 Å². The Bertz CT molecular complexity index is 960. The highest BCUT2D eigenvalue weighted by Gasteiger charge is 2.25. The normalized spacial score (nSPS) is 13.3. The van der Waals surface area contributed by atoms with Crippen LogP contribution in [0.25, 0.3) is 12.2 Å². The number of hydrogen-bond donors (Lipinski definition) is 3. The lowest BCUT2D eigenvalue weighted by atomic mass is 10.0. The van der Waals surface area contributed by atoms with Gasteiger partial charge in [0.2, 0.25) is 17.7 Å². The lowest BCUT2D eigenvalue weighted by Crippen LogP contribution is -2.53. The summed E-state index contributed by atoms with van der Waals surface area (Å²) >= 11 is 0. The summed E-state index contributed by atoms with van der Waals surface area (Å²) < 4.78 is 0. The second-order valence-corrected chi connectivity index (χ2v) is 9.23. The number of carbonyl (C=O) groups is 3. The van der Waals surface area contributed by atoms with E-state index in [-0.39, 0.29) is 12.3 Å². The van der Waals surface area contributed by atoms with Crippen molar-refractivity contribution in [1.82, 2.24) is 10.6 Å². The summed E-state index contributed by atoms with van der Waals surface area (Å²) in [7, 11) is 0. The van der Waals surface area contributed by atoms with Crippen molar-refractivity contribution < 1.29 is 14.4 Å². The Hall–Kier alpha value is -3.41. The number of nitrogens with one attached hydrogen (secondary N) is 2. The lowest BCUT2D eigenvalue weighted by molar-refractivity contribution is -0.128. The minimum absolute atomic E-state index is 0.219. The summed E-state index contributed by atoms with van der Waals surface area (Å²) in [6.07, 6.45) is 5.99. The lowest BCUT2D eigenvalue weighted by Gasteiger charge is -2.26. The van der Waals surface area contributed by atoms with E-state index in [1.54, 1.807) is 6.92 Å². The molecule has 4 N–H and O–H groups in total. The molecule has 2 atom stereocenters. The van der Waals surface area contributed by atoms with Gasteiger partial charge in [-0.15, -0.1) is 0 Å². The number of hydrogen-bond acceptors (Lipinski definition) is 3. The standard InChI is InChI=1S/C27H34N3O3/c1-19(25(28)32)10-17-24(31)29-23(26(33)30-27(2,3)4)18-22-15-13-21(14-16-22)12-11-20-8-6-5-7-9-20/h5-9,11-17,19,23H,10,18H2,1-4H3,(H2,28,32)(H,29,31)(H,30,33). The molecule has 0 saturated heterocycles. The maximum atomic E-state index is 12.8. The zero-order valence-electron chi connectivity index (χ0n) is 19.8. The molecular weight excluding hydrogens is 414 g/mol. The monoisotopic (exact) mass is 448 g/mol. The van der Waals surface area contributed by atoms with Gasteiger partial charge in [0.15, 0.2) is 0 Å². The van der Waals surface area contributed by atoms with Crippen LogP contribution in [-0.4, -0.2) is 29.3 Å². The molecule has 0 fully saturated rings. The van der Waals surface area contributed by atoms with Crippen LogP contribution >= 0.6 is 0 Å². The van der Waals surface area contributed by atoms with Gasteiger partial charge in [-0.2, -0.15) is 0 Å². The topological polar surface area (TPSA) is 101 Å². The second-order valence-electron chi connectivity index (χ2n) is 9.23. The molecule has 0 aliphatic carbocycles. The molecule has 2 aromatic carbocycles. The van der Waals surface area contributed by atoms with E-state index in [1.807, 2.05) is 87.5 Å². The second kappa shape index (κ2) is 12.0. The molecule has 0 aliphatic rings. The van der Waals surface area contributed by atoms with Crippen LogP contribution < -0.4 is 16.4 Å². The van der Waals surface area contributed by atoms with Crippen molar-refractivity contribution in [3.63, 3.8) is 0 Å². The van der Waals surface area contributed by atoms with Crippen LogP contribution in [0, 0.1) is 12.3 Å². The van der Waals surface area contributed by atoms with Gasteiger partial charge in [0, 0.05) is 17.9 Å². The summed E-state index contributed by atoms with van der Waals surface area (Å²) in [4.78, 5) is 36.4. The molecular formula is C27H34N3O3. The van der Waals surface area contributed by atoms with Gasteiger partial charge in [0.25, 0.3) is 0 Å². The molecule has 6 nitrogen and oxygen atoms in total. The first-order valence-electron chi connectivity index (χ1n) is 11.1. The molecule has 0 aliphatic heterocycles. The van der Waals surface area contributed by atoms with Gasteiger partial charge in [-0.1, -0.05) is 73.7 Å². The third-order valence-electron chi connectivity index (χ3n) is 4.96. The number of nitrogens with two attached hydrogens (primary N) is 1. The fraction of sp³-hybridized carbons (Fsp3) is 0.333. The Morgan fingerprint density at radius 2 is 1.52 bits per heavy atom. The van der Waals surface area contributed by atoms with Gasteiger partial charge in [0.1, 0.15) is 6.04 Å². The van der Waals surface area contributed by atoms with Crippen molar-refractivity contribution in [2.24, 2.45) is 11.7 Å². The fourth-order valence-corrected chi connectivity index (χ4v) is 3.05. The summed E-state index contributed by atoms with van der Waals surface area (Å²) in [6, 6.07) is 17.2. The first-order chi connectivity index (χ1) is 15.5. The quantitative estimate of drug-likeness (QED) is 0.485. The van der Waals surface area contributed by atoms with Crippen LogP contribution in [0.5, 0.6) is 0 Å². The first kappa shape index (κ1) is 25.8. The van der Waals surface area contributed by atoms with E-state index in [0.717, 1.165) is 16.7 Å². The number of benzene rings is 2. The van der Waals surface area contributed by atoms with Gasteiger partial charge in [-0.25, -0.2) is 0 Å². The molecule has 6 heteroatoms. The van der Waals surface area contributed by atoms with E-state index in [9.17, 15) is 14.4 Å². The van der Waals surface area contributed by atoms with Gasteiger partial charge >= 0.3 is 0 Å². The Kier molecular flexibility index (Phi) is 9.40. The maximum Gasteiger partial charge on any atom is 0.243 e. The highest BCUT2D eigenvalue weighted by atomic mass is 16.2. The Balaban J connectivity index is 2.06. The first-order valence-corrected chi connectivity index (χ1v) is 11.1. The van der Waals surface area contributed by atoms with Crippen molar-refractivity contribution in [3.05, 3.63) is 77.7 Å². The largest absolute Gasteiger partial charge is 0.369 e. The van der Waals surface area contributed by atoms with Crippen molar-refractivity contribution in [3.8, 4) is 0 Å². The molecule has 0 aromatic heterocycles. The molecule has 0 heterocycles. The maximum absolute atomic E-state index is 12.8. The van der Waals surface area contributed by atoms with Crippen LogP contribution in [0.15, 0.2) is 54.6 Å². The highest BCUT2D eigenvalue weighted by Crippen LogP contribution is 2.12.